The molecule has 1 aliphatic rings. The zero-order chi connectivity index (χ0) is 16.2. The average molecular weight is 314 g/mol. The molecule has 3 rings (SSSR count). The summed E-state index contributed by atoms with van der Waals surface area (Å²) < 4.78 is 13.5. The number of aliphatic hydroxyl groups excluding tert-OH is 1. The molecule has 0 aromatic heterocycles. The molecular weight excluding hydrogens is 295 g/mol. The number of amides is 2. The van der Waals surface area contributed by atoms with Gasteiger partial charge in [-0.1, -0.05) is 42.5 Å². The fourth-order valence-corrected chi connectivity index (χ4v) is 2.95. The van der Waals surface area contributed by atoms with E-state index in [1.165, 1.54) is 6.07 Å². The molecule has 2 aromatic rings. The van der Waals surface area contributed by atoms with Crippen LogP contribution in [0.5, 0.6) is 0 Å². The van der Waals surface area contributed by atoms with Crippen LogP contribution in [-0.4, -0.2) is 23.8 Å². The average Bonchev–Trinajstić information content (AvgIpc) is 2.85. The molecule has 0 saturated heterocycles. The molecule has 5 heteroatoms. The van der Waals surface area contributed by atoms with Crippen molar-refractivity contribution in [2.75, 3.05) is 6.54 Å². The van der Waals surface area contributed by atoms with Crippen molar-refractivity contribution < 1.29 is 14.3 Å². The number of carbonyl (C=O) groups excluding carboxylic acids is 1. The molecule has 0 spiro atoms. The van der Waals surface area contributed by atoms with Gasteiger partial charge in [0.1, 0.15) is 5.82 Å². The van der Waals surface area contributed by atoms with Gasteiger partial charge in [0.2, 0.25) is 0 Å². The summed E-state index contributed by atoms with van der Waals surface area (Å²) in [5.41, 5.74) is 2.57. The van der Waals surface area contributed by atoms with Gasteiger partial charge < -0.3 is 15.7 Å². The van der Waals surface area contributed by atoms with Gasteiger partial charge >= 0.3 is 6.03 Å². The molecule has 2 atom stereocenters. The fourth-order valence-electron chi connectivity index (χ4n) is 2.95. The summed E-state index contributed by atoms with van der Waals surface area (Å²) in [7, 11) is 0. The van der Waals surface area contributed by atoms with Crippen LogP contribution >= 0.6 is 0 Å². The molecule has 0 heterocycles. The lowest BCUT2D eigenvalue weighted by Gasteiger charge is -2.18. The van der Waals surface area contributed by atoms with Crippen molar-refractivity contribution in [2.45, 2.75) is 25.0 Å². The number of carbonyl (C=O) groups is 1. The van der Waals surface area contributed by atoms with Crippen LogP contribution in [0.15, 0.2) is 48.5 Å². The second kappa shape index (κ2) is 6.79. The molecule has 1 aliphatic carbocycles. The Labute approximate surface area is 134 Å². The summed E-state index contributed by atoms with van der Waals surface area (Å²) >= 11 is 0. The number of hydrogen-bond acceptors (Lipinski definition) is 2. The SMILES string of the molecule is O=C(NCCc1ccccc1F)NC1c2ccccc2CC1O. The van der Waals surface area contributed by atoms with Gasteiger partial charge in [0, 0.05) is 13.0 Å². The molecule has 0 bridgehead atoms. The van der Waals surface area contributed by atoms with E-state index in [0.717, 1.165) is 11.1 Å². The number of fused-ring (bicyclic) bond motifs is 1. The van der Waals surface area contributed by atoms with Crippen molar-refractivity contribution in [1.29, 1.82) is 0 Å². The fraction of sp³-hybridized carbons (Fsp3) is 0.278. The molecule has 0 saturated carbocycles. The number of hydrogen-bond donors (Lipinski definition) is 3. The Balaban J connectivity index is 1.53. The van der Waals surface area contributed by atoms with Crippen LogP contribution in [0.2, 0.25) is 0 Å². The van der Waals surface area contributed by atoms with E-state index in [2.05, 4.69) is 10.6 Å². The van der Waals surface area contributed by atoms with Crippen molar-refractivity contribution >= 4 is 6.03 Å². The van der Waals surface area contributed by atoms with Gasteiger partial charge in [0.25, 0.3) is 0 Å². The monoisotopic (exact) mass is 314 g/mol. The Morgan fingerprint density at radius 1 is 1.17 bits per heavy atom. The van der Waals surface area contributed by atoms with E-state index in [1.807, 2.05) is 24.3 Å². The first kappa shape index (κ1) is 15.5. The largest absolute Gasteiger partial charge is 0.390 e. The molecule has 2 aromatic carbocycles. The van der Waals surface area contributed by atoms with Crippen molar-refractivity contribution in [1.82, 2.24) is 10.6 Å². The zero-order valence-electron chi connectivity index (χ0n) is 12.6. The van der Waals surface area contributed by atoms with Crippen molar-refractivity contribution in [2.24, 2.45) is 0 Å². The lowest BCUT2D eigenvalue weighted by Crippen LogP contribution is -2.41. The smallest absolute Gasteiger partial charge is 0.315 e. The van der Waals surface area contributed by atoms with E-state index in [0.29, 0.717) is 24.9 Å². The molecular formula is C18H19FN2O2. The molecule has 2 amide bonds. The third-order valence-corrected chi connectivity index (χ3v) is 4.13. The lowest BCUT2D eigenvalue weighted by molar-refractivity contribution is 0.142. The predicted molar refractivity (Wildman–Crippen MR) is 85.5 cm³/mol. The molecule has 0 fully saturated rings. The summed E-state index contributed by atoms with van der Waals surface area (Å²) in [6.07, 6.45) is 0.338. The topological polar surface area (TPSA) is 61.4 Å². The van der Waals surface area contributed by atoms with Crippen molar-refractivity contribution in [3.05, 3.63) is 71.0 Å². The molecule has 0 radical (unpaired) electrons. The highest BCUT2D eigenvalue weighted by Gasteiger charge is 2.31. The summed E-state index contributed by atoms with van der Waals surface area (Å²) in [4.78, 5) is 12.0. The van der Waals surface area contributed by atoms with E-state index in [-0.39, 0.29) is 11.8 Å². The highest BCUT2D eigenvalue weighted by molar-refractivity contribution is 5.74. The van der Waals surface area contributed by atoms with Gasteiger partial charge in [-0.25, -0.2) is 9.18 Å². The van der Waals surface area contributed by atoms with Crippen LogP contribution < -0.4 is 10.6 Å². The van der Waals surface area contributed by atoms with Crippen LogP contribution in [0.3, 0.4) is 0 Å². The first-order chi connectivity index (χ1) is 11.1. The van der Waals surface area contributed by atoms with Crippen LogP contribution in [0.25, 0.3) is 0 Å². The van der Waals surface area contributed by atoms with Crippen molar-refractivity contribution in [3.63, 3.8) is 0 Å². The maximum atomic E-state index is 13.5. The van der Waals surface area contributed by atoms with Gasteiger partial charge in [-0.05, 0) is 29.2 Å². The Kier molecular flexibility index (Phi) is 4.57. The Bertz CT molecular complexity index is 705. The molecule has 23 heavy (non-hydrogen) atoms. The molecule has 0 aliphatic heterocycles. The van der Waals surface area contributed by atoms with Gasteiger partial charge in [0.15, 0.2) is 0 Å². The highest BCUT2D eigenvalue weighted by Crippen LogP contribution is 2.30. The minimum Gasteiger partial charge on any atom is -0.390 e. The van der Waals surface area contributed by atoms with Crippen molar-refractivity contribution in [3.8, 4) is 0 Å². The third kappa shape index (κ3) is 3.51. The summed E-state index contributed by atoms with van der Waals surface area (Å²) in [6.45, 7) is 0.331. The van der Waals surface area contributed by atoms with Gasteiger partial charge in [0.05, 0.1) is 12.1 Å². The Morgan fingerprint density at radius 2 is 1.91 bits per heavy atom. The number of benzene rings is 2. The summed E-state index contributed by atoms with van der Waals surface area (Å²) in [6, 6.07) is 13.4. The Morgan fingerprint density at radius 3 is 2.74 bits per heavy atom. The van der Waals surface area contributed by atoms with Crippen LogP contribution in [0.4, 0.5) is 9.18 Å². The number of halogens is 1. The minimum atomic E-state index is -0.621. The minimum absolute atomic E-state index is 0.269. The van der Waals surface area contributed by atoms with E-state index in [4.69, 9.17) is 0 Å². The quantitative estimate of drug-likeness (QED) is 0.811. The number of rotatable bonds is 4. The highest BCUT2D eigenvalue weighted by atomic mass is 19.1. The first-order valence-electron chi connectivity index (χ1n) is 7.69. The van der Waals surface area contributed by atoms with E-state index >= 15 is 0 Å². The van der Waals surface area contributed by atoms with Crippen LogP contribution in [0.1, 0.15) is 22.7 Å². The summed E-state index contributed by atoms with van der Waals surface area (Å²) in [5.74, 6) is -0.269. The molecule has 120 valence electrons. The summed E-state index contributed by atoms with van der Waals surface area (Å²) in [5, 5.41) is 15.6. The number of aliphatic hydroxyl groups is 1. The van der Waals surface area contributed by atoms with Crippen LogP contribution in [-0.2, 0) is 12.8 Å². The normalized spacial score (nSPS) is 19.2. The molecule has 2 unspecified atom stereocenters. The van der Waals surface area contributed by atoms with Gasteiger partial charge in [-0.3, -0.25) is 0 Å². The predicted octanol–water partition coefficient (Wildman–Crippen LogP) is 2.33. The van der Waals surface area contributed by atoms with Crippen LogP contribution in [0, 0.1) is 5.82 Å². The number of urea groups is 1. The second-order valence-electron chi connectivity index (χ2n) is 5.69. The van der Waals surface area contributed by atoms with E-state index in [1.54, 1.807) is 18.2 Å². The first-order valence-corrected chi connectivity index (χ1v) is 7.69. The Hall–Kier alpha value is -2.40. The molecule has 3 N–H and O–H groups in total. The van der Waals surface area contributed by atoms with Gasteiger partial charge in [-0.15, -0.1) is 0 Å². The molecule has 4 nitrogen and oxygen atoms in total. The maximum Gasteiger partial charge on any atom is 0.315 e. The lowest BCUT2D eigenvalue weighted by atomic mass is 10.1. The van der Waals surface area contributed by atoms with E-state index in [9.17, 15) is 14.3 Å². The van der Waals surface area contributed by atoms with E-state index < -0.39 is 12.1 Å². The third-order valence-electron chi connectivity index (χ3n) is 4.13. The standard InChI is InChI=1S/C18H19FN2O2/c19-15-8-4-2-5-12(15)9-10-20-18(23)21-17-14-7-3-1-6-13(14)11-16(17)22/h1-8,16-17,22H,9-11H2,(H2,20,21,23). The number of nitrogens with one attached hydrogen (secondary N) is 2. The maximum absolute atomic E-state index is 13.5. The second-order valence-corrected chi connectivity index (χ2v) is 5.69. The van der Waals surface area contributed by atoms with Gasteiger partial charge in [-0.2, -0.15) is 0 Å². The zero-order valence-corrected chi connectivity index (χ0v) is 12.6.